The van der Waals surface area contributed by atoms with E-state index in [2.05, 4.69) is 0 Å². The summed E-state index contributed by atoms with van der Waals surface area (Å²) >= 11 is 5.67. The molecule has 5 nitrogen and oxygen atoms in total. The molecule has 0 aromatic heterocycles. The predicted molar refractivity (Wildman–Crippen MR) is 79.3 cm³/mol. The van der Waals surface area contributed by atoms with Crippen LogP contribution in [-0.4, -0.2) is 34.2 Å². The molecule has 1 amide bonds. The molecule has 0 spiro atoms. The molecule has 0 aliphatic carbocycles. The number of carbonyl (C=O) groups is 1. The largest absolute Gasteiger partial charge is 0.336 e. The third kappa shape index (κ3) is 3.70. The van der Waals surface area contributed by atoms with Crippen LogP contribution in [0.3, 0.4) is 0 Å². The van der Waals surface area contributed by atoms with Crippen molar-refractivity contribution in [3.8, 4) is 0 Å². The number of hydrogen-bond acceptors (Lipinski definition) is 3. The summed E-state index contributed by atoms with van der Waals surface area (Å²) in [5.74, 6) is 0.140. The minimum Gasteiger partial charge on any atom is -0.336 e. The van der Waals surface area contributed by atoms with Crippen LogP contribution in [0.25, 0.3) is 0 Å². The number of halogens is 1. The van der Waals surface area contributed by atoms with Gasteiger partial charge < -0.3 is 4.90 Å². The van der Waals surface area contributed by atoms with Crippen LogP contribution in [0.1, 0.15) is 36.2 Å². The van der Waals surface area contributed by atoms with Crippen molar-refractivity contribution in [2.24, 2.45) is 0 Å². The minimum atomic E-state index is -0.514. The van der Waals surface area contributed by atoms with Crippen molar-refractivity contribution in [3.05, 3.63) is 39.4 Å². The lowest BCUT2D eigenvalue weighted by Gasteiger charge is -2.27. The van der Waals surface area contributed by atoms with Crippen molar-refractivity contribution in [2.75, 3.05) is 12.4 Å². The second-order valence-electron chi connectivity index (χ2n) is 4.86. The number of nitrogens with zero attached hydrogens (tertiary/aromatic N) is 2. The Morgan fingerprint density at radius 3 is 2.60 bits per heavy atom. The number of nitro groups is 1. The molecular weight excluding hydrogens is 280 g/mol. The molecule has 0 atom stereocenters. The summed E-state index contributed by atoms with van der Waals surface area (Å²) in [4.78, 5) is 24.8. The lowest BCUT2D eigenvalue weighted by Crippen LogP contribution is -2.38. The lowest BCUT2D eigenvalue weighted by atomic mass is 10.0. The molecule has 0 heterocycles. The molecule has 0 aliphatic heterocycles. The van der Waals surface area contributed by atoms with Crippen LogP contribution >= 0.6 is 11.6 Å². The van der Waals surface area contributed by atoms with Crippen molar-refractivity contribution in [1.82, 2.24) is 4.90 Å². The van der Waals surface area contributed by atoms with Crippen LogP contribution < -0.4 is 0 Å². The maximum atomic E-state index is 12.6. The van der Waals surface area contributed by atoms with Gasteiger partial charge in [-0.25, -0.2) is 0 Å². The van der Waals surface area contributed by atoms with Crippen LogP contribution in [0.4, 0.5) is 5.69 Å². The van der Waals surface area contributed by atoms with Crippen molar-refractivity contribution in [1.29, 1.82) is 0 Å². The molecule has 1 aromatic carbocycles. The summed E-state index contributed by atoms with van der Waals surface area (Å²) in [6.07, 6.45) is 0.658. The molecule has 0 fully saturated rings. The van der Waals surface area contributed by atoms with Crippen LogP contribution in [0.2, 0.25) is 0 Å². The van der Waals surface area contributed by atoms with Gasteiger partial charge in [0, 0.05) is 24.5 Å². The second-order valence-corrected chi connectivity index (χ2v) is 5.24. The molecule has 0 saturated heterocycles. The van der Waals surface area contributed by atoms with Gasteiger partial charge in [-0.05, 0) is 32.8 Å². The van der Waals surface area contributed by atoms with Crippen LogP contribution in [0, 0.1) is 17.0 Å². The van der Waals surface area contributed by atoms with Gasteiger partial charge in [0.05, 0.1) is 4.92 Å². The van der Waals surface area contributed by atoms with Crippen LogP contribution in [0.15, 0.2) is 18.2 Å². The van der Waals surface area contributed by atoms with Crippen molar-refractivity contribution in [3.63, 3.8) is 0 Å². The Hall–Kier alpha value is -1.62. The summed E-state index contributed by atoms with van der Waals surface area (Å²) < 4.78 is 0. The molecule has 20 heavy (non-hydrogen) atoms. The zero-order valence-corrected chi connectivity index (χ0v) is 12.7. The summed E-state index contributed by atoms with van der Waals surface area (Å²) in [5.41, 5.74) is 0.632. The molecule has 1 aromatic rings. The summed E-state index contributed by atoms with van der Waals surface area (Å²) in [5, 5.41) is 11.1. The van der Waals surface area contributed by atoms with Gasteiger partial charge in [0.15, 0.2) is 0 Å². The normalized spacial score (nSPS) is 10.7. The molecule has 1 rings (SSSR count). The lowest BCUT2D eigenvalue weighted by molar-refractivity contribution is -0.385. The third-order valence-electron chi connectivity index (χ3n) is 3.08. The van der Waals surface area contributed by atoms with Crippen molar-refractivity contribution in [2.45, 2.75) is 33.2 Å². The SMILES string of the molecule is Cc1cccc([N+](=O)[O-])c1C(=O)N(CCCCl)C(C)C. The number of carbonyl (C=O) groups excluding carboxylic acids is 1. The molecule has 0 saturated carbocycles. The Kier molecular flexibility index (Phi) is 5.95. The number of hydrogen-bond donors (Lipinski definition) is 0. The van der Waals surface area contributed by atoms with Crippen molar-refractivity contribution < 1.29 is 9.72 Å². The topological polar surface area (TPSA) is 63.5 Å². The molecule has 0 bridgehead atoms. The number of amides is 1. The summed E-state index contributed by atoms with van der Waals surface area (Å²) in [6.45, 7) is 5.97. The Bertz CT molecular complexity index is 503. The Balaban J connectivity index is 3.21. The van der Waals surface area contributed by atoms with Gasteiger partial charge >= 0.3 is 0 Å². The first-order valence-corrected chi connectivity index (χ1v) is 7.04. The Morgan fingerprint density at radius 2 is 2.10 bits per heavy atom. The monoisotopic (exact) mass is 298 g/mol. The third-order valence-corrected chi connectivity index (χ3v) is 3.35. The highest BCUT2D eigenvalue weighted by Gasteiger charge is 2.27. The van der Waals surface area contributed by atoms with E-state index in [1.807, 2.05) is 13.8 Å². The van der Waals surface area contributed by atoms with Gasteiger partial charge in [-0.1, -0.05) is 12.1 Å². The fraction of sp³-hybridized carbons (Fsp3) is 0.500. The first kappa shape index (κ1) is 16.4. The van der Waals surface area contributed by atoms with E-state index in [1.54, 1.807) is 24.0 Å². The smallest absolute Gasteiger partial charge is 0.282 e. The van der Waals surface area contributed by atoms with E-state index in [0.29, 0.717) is 24.4 Å². The number of aryl methyl sites for hydroxylation is 1. The van der Waals surface area contributed by atoms with Gasteiger partial charge in [0.25, 0.3) is 11.6 Å². The maximum Gasteiger partial charge on any atom is 0.282 e. The Labute approximate surface area is 123 Å². The van der Waals surface area contributed by atoms with Crippen LogP contribution in [0.5, 0.6) is 0 Å². The van der Waals surface area contributed by atoms with E-state index >= 15 is 0 Å². The molecule has 0 unspecified atom stereocenters. The van der Waals surface area contributed by atoms with E-state index in [1.165, 1.54) is 6.07 Å². The molecule has 0 N–H and O–H groups in total. The highest BCUT2D eigenvalue weighted by molar-refractivity contribution is 6.17. The highest BCUT2D eigenvalue weighted by Crippen LogP contribution is 2.24. The summed E-state index contributed by atoms with van der Waals surface area (Å²) in [6, 6.07) is 4.62. The first-order chi connectivity index (χ1) is 9.40. The zero-order chi connectivity index (χ0) is 15.3. The van der Waals surface area contributed by atoms with E-state index in [4.69, 9.17) is 11.6 Å². The van der Waals surface area contributed by atoms with Crippen molar-refractivity contribution >= 4 is 23.2 Å². The van der Waals surface area contributed by atoms with Gasteiger partial charge in [0.1, 0.15) is 5.56 Å². The second kappa shape index (κ2) is 7.24. The number of rotatable bonds is 6. The average Bonchev–Trinajstić information content (AvgIpc) is 2.38. The fourth-order valence-electron chi connectivity index (χ4n) is 2.05. The molecule has 110 valence electrons. The highest BCUT2D eigenvalue weighted by atomic mass is 35.5. The molecule has 0 radical (unpaired) electrons. The van der Waals surface area contributed by atoms with Gasteiger partial charge in [-0.15, -0.1) is 11.6 Å². The van der Waals surface area contributed by atoms with E-state index in [9.17, 15) is 14.9 Å². The Morgan fingerprint density at radius 1 is 1.45 bits per heavy atom. The van der Waals surface area contributed by atoms with E-state index < -0.39 is 4.92 Å². The summed E-state index contributed by atoms with van der Waals surface area (Å²) in [7, 11) is 0. The van der Waals surface area contributed by atoms with Gasteiger partial charge in [0.2, 0.25) is 0 Å². The van der Waals surface area contributed by atoms with Crippen LogP contribution in [-0.2, 0) is 0 Å². The number of alkyl halides is 1. The first-order valence-electron chi connectivity index (χ1n) is 6.51. The number of benzene rings is 1. The van der Waals surface area contributed by atoms with Gasteiger partial charge in [-0.3, -0.25) is 14.9 Å². The molecular formula is C14H19ClN2O3. The minimum absolute atomic E-state index is 0.0371. The predicted octanol–water partition coefficient (Wildman–Crippen LogP) is 3.38. The molecule has 6 heteroatoms. The molecule has 0 aliphatic rings. The zero-order valence-electron chi connectivity index (χ0n) is 11.9. The van der Waals surface area contributed by atoms with E-state index in [0.717, 1.165) is 0 Å². The fourth-order valence-corrected chi connectivity index (χ4v) is 2.17. The number of nitro benzene ring substituents is 1. The standard InChI is InChI=1S/C14H19ClN2O3/c1-10(2)16(9-5-8-15)14(18)13-11(3)6-4-7-12(13)17(19)20/h4,6-7,10H,5,8-9H2,1-3H3. The van der Waals surface area contributed by atoms with Gasteiger partial charge in [-0.2, -0.15) is 0 Å². The maximum absolute atomic E-state index is 12.6. The quantitative estimate of drug-likeness (QED) is 0.459. The van der Waals surface area contributed by atoms with E-state index in [-0.39, 0.29) is 23.2 Å². The average molecular weight is 299 g/mol.